The van der Waals surface area contributed by atoms with Crippen LogP contribution in [0.4, 0.5) is 11.4 Å². The Kier molecular flexibility index (Phi) is 3.55. The normalized spacial score (nSPS) is 17.5. The summed E-state index contributed by atoms with van der Waals surface area (Å²) in [5.74, 6) is 0.779. The molecule has 4 heteroatoms. The molecule has 1 saturated heterocycles. The van der Waals surface area contributed by atoms with Gasteiger partial charge < -0.3 is 15.4 Å². The number of methoxy groups -OCH3 is 1. The third-order valence-corrected chi connectivity index (χ3v) is 5.01. The van der Waals surface area contributed by atoms with Gasteiger partial charge in [0.2, 0.25) is 0 Å². The number of nitrogens with two attached hydrogens (primary N) is 1. The lowest BCUT2D eigenvalue weighted by Crippen LogP contribution is -2.33. The molecule has 1 heterocycles. The van der Waals surface area contributed by atoms with Crippen LogP contribution in [0.5, 0.6) is 5.75 Å². The Hall–Kier alpha value is -0.950. The predicted octanol–water partition coefficient (Wildman–Crippen LogP) is 2.21. The molecule has 0 radical (unpaired) electrons. The summed E-state index contributed by atoms with van der Waals surface area (Å²) < 4.78 is 5.25. The van der Waals surface area contributed by atoms with Crippen LogP contribution in [-0.4, -0.2) is 39.2 Å². The van der Waals surface area contributed by atoms with Gasteiger partial charge in [-0.2, -0.15) is 0 Å². The van der Waals surface area contributed by atoms with Gasteiger partial charge in [0.05, 0.1) is 12.8 Å². The average Bonchev–Trinajstić information content (AvgIpc) is 2.31. The van der Waals surface area contributed by atoms with Crippen molar-refractivity contribution < 1.29 is 4.74 Å². The van der Waals surface area contributed by atoms with Crippen LogP contribution >= 0.6 is 7.92 Å². The van der Waals surface area contributed by atoms with Gasteiger partial charge in [0.15, 0.2) is 0 Å². The Balaban J connectivity index is 2.14. The van der Waals surface area contributed by atoms with Gasteiger partial charge in [-0.15, -0.1) is 7.92 Å². The summed E-state index contributed by atoms with van der Waals surface area (Å²) in [7, 11) is 1.94. The summed E-state index contributed by atoms with van der Waals surface area (Å²) in [4.78, 5) is 2.42. The fourth-order valence-electron chi connectivity index (χ4n) is 1.96. The van der Waals surface area contributed by atoms with Crippen LogP contribution in [0.3, 0.4) is 0 Å². The van der Waals surface area contributed by atoms with Crippen LogP contribution in [0.25, 0.3) is 0 Å². The smallest absolute Gasteiger partial charge is 0.143 e. The first-order chi connectivity index (χ1) is 7.70. The third-order valence-electron chi connectivity index (χ3n) is 3.09. The Morgan fingerprint density at radius 2 is 2.00 bits per heavy atom. The van der Waals surface area contributed by atoms with Crippen molar-refractivity contribution in [2.45, 2.75) is 0 Å². The van der Waals surface area contributed by atoms with Crippen molar-refractivity contribution >= 4 is 19.3 Å². The maximum absolute atomic E-state index is 5.81. The van der Waals surface area contributed by atoms with E-state index < -0.39 is 0 Å². The van der Waals surface area contributed by atoms with E-state index in [1.165, 1.54) is 18.0 Å². The lowest BCUT2D eigenvalue weighted by atomic mass is 10.2. The van der Waals surface area contributed by atoms with Crippen LogP contribution in [0.1, 0.15) is 0 Å². The minimum atomic E-state index is 0.276. The van der Waals surface area contributed by atoms with E-state index >= 15 is 0 Å². The third kappa shape index (κ3) is 2.41. The molecule has 0 saturated carbocycles. The molecule has 0 aliphatic carbocycles. The van der Waals surface area contributed by atoms with E-state index in [1.54, 1.807) is 7.11 Å². The molecular formula is C12H19N2OP. The van der Waals surface area contributed by atoms with Crippen LogP contribution in [0.15, 0.2) is 18.2 Å². The molecule has 16 heavy (non-hydrogen) atoms. The molecule has 0 amide bonds. The number of benzene rings is 1. The van der Waals surface area contributed by atoms with Gasteiger partial charge in [0.1, 0.15) is 5.75 Å². The fraction of sp³-hybridized carbons (Fsp3) is 0.500. The second-order valence-corrected chi connectivity index (χ2v) is 6.82. The van der Waals surface area contributed by atoms with E-state index in [0.29, 0.717) is 5.69 Å². The molecule has 0 atom stereocenters. The molecule has 0 bridgehead atoms. The largest absolute Gasteiger partial charge is 0.495 e. The Morgan fingerprint density at radius 3 is 2.62 bits per heavy atom. The highest BCUT2D eigenvalue weighted by molar-refractivity contribution is 7.56. The molecule has 1 aliphatic heterocycles. The first kappa shape index (κ1) is 11.5. The number of nitrogen functional groups attached to an aromatic ring is 1. The molecule has 2 rings (SSSR count). The molecule has 1 aromatic carbocycles. The van der Waals surface area contributed by atoms with E-state index in [1.807, 2.05) is 12.1 Å². The number of hydrogen-bond donors (Lipinski definition) is 1. The highest BCUT2D eigenvalue weighted by Gasteiger charge is 2.16. The molecule has 0 unspecified atom stereocenters. The van der Waals surface area contributed by atoms with Gasteiger partial charge >= 0.3 is 0 Å². The van der Waals surface area contributed by atoms with Crippen molar-refractivity contribution in [2.75, 3.05) is 49.8 Å². The Labute approximate surface area is 98.3 Å². The molecule has 0 spiro atoms. The van der Waals surface area contributed by atoms with Crippen molar-refractivity contribution in [1.29, 1.82) is 0 Å². The van der Waals surface area contributed by atoms with E-state index in [-0.39, 0.29) is 7.92 Å². The Bertz CT molecular complexity index is 362. The first-order valence-electron chi connectivity index (χ1n) is 5.57. The quantitative estimate of drug-likeness (QED) is 0.634. The minimum Gasteiger partial charge on any atom is -0.495 e. The lowest BCUT2D eigenvalue weighted by molar-refractivity contribution is 0.417. The molecule has 1 aliphatic rings. The van der Waals surface area contributed by atoms with Crippen molar-refractivity contribution in [3.05, 3.63) is 18.2 Å². The second-order valence-electron chi connectivity index (χ2n) is 4.22. The van der Waals surface area contributed by atoms with Gasteiger partial charge in [0, 0.05) is 24.8 Å². The maximum atomic E-state index is 5.81. The van der Waals surface area contributed by atoms with Crippen LogP contribution in [-0.2, 0) is 0 Å². The molecule has 88 valence electrons. The summed E-state index contributed by atoms with van der Waals surface area (Å²) in [5, 5.41) is 0. The highest BCUT2D eigenvalue weighted by atomic mass is 31.1. The molecule has 2 N–H and O–H groups in total. The molecule has 0 aromatic heterocycles. The van der Waals surface area contributed by atoms with Crippen LogP contribution in [0, 0.1) is 0 Å². The number of rotatable bonds is 2. The number of nitrogens with zero attached hydrogens (tertiary/aromatic N) is 1. The summed E-state index contributed by atoms with van der Waals surface area (Å²) in [6.45, 7) is 4.71. The Morgan fingerprint density at radius 1 is 1.31 bits per heavy atom. The zero-order valence-electron chi connectivity index (χ0n) is 9.94. The molecule has 1 fully saturated rings. The fourth-order valence-corrected chi connectivity index (χ4v) is 3.35. The monoisotopic (exact) mass is 238 g/mol. The molecular weight excluding hydrogens is 219 g/mol. The summed E-state index contributed by atoms with van der Waals surface area (Å²) in [5.41, 5.74) is 7.75. The topological polar surface area (TPSA) is 38.5 Å². The van der Waals surface area contributed by atoms with Crippen LogP contribution < -0.4 is 15.4 Å². The van der Waals surface area contributed by atoms with E-state index in [0.717, 1.165) is 18.8 Å². The second kappa shape index (κ2) is 4.92. The average molecular weight is 238 g/mol. The van der Waals surface area contributed by atoms with Gasteiger partial charge in [-0.25, -0.2) is 0 Å². The van der Waals surface area contributed by atoms with Crippen molar-refractivity contribution in [1.82, 2.24) is 0 Å². The number of anilines is 2. The van der Waals surface area contributed by atoms with Crippen molar-refractivity contribution in [3.63, 3.8) is 0 Å². The van der Waals surface area contributed by atoms with Gasteiger partial charge in [0.25, 0.3) is 0 Å². The van der Waals surface area contributed by atoms with Crippen molar-refractivity contribution in [3.8, 4) is 5.75 Å². The van der Waals surface area contributed by atoms with E-state index in [4.69, 9.17) is 10.5 Å². The zero-order valence-corrected chi connectivity index (χ0v) is 10.8. The number of ether oxygens (including phenoxy) is 1. The van der Waals surface area contributed by atoms with E-state index in [9.17, 15) is 0 Å². The standard InChI is InChI=1S/C12H19N2OP/c1-15-12-9-10(3-4-11(12)13)14-5-7-16(2)8-6-14/h3-4,9H,5-8,13H2,1-2H3. The maximum Gasteiger partial charge on any atom is 0.143 e. The summed E-state index contributed by atoms with van der Waals surface area (Å²) in [6.07, 6.45) is 2.67. The molecule has 1 aromatic rings. The summed E-state index contributed by atoms with van der Waals surface area (Å²) >= 11 is 0. The lowest BCUT2D eigenvalue weighted by Gasteiger charge is -2.32. The number of hydrogen-bond acceptors (Lipinski definition) is 3. The van der Waals surface area contributed by atoms with Gasteiger partial charge in [-0.3, -0.25) is 0 Å². The minimum absolute atomic E-state index is 0.276. The highest BCUT2D eigenvalue weighted by Crippen LogP contribution is 2.36. The zero-order chi connectivity index (χ0) is 11.5. The van der Waals surface area contributed by atoms with Crippen LogP contribution in [0.2, 0.25) is 0 Å². The van der Waals surface area contributed by atoms with Gasteiger partial charge in [-0.05, 0) is 31.1 Å². The molecule has 3 nitrogen and oxygen atoms in total. The first-order valence-corrected chi connectivity index (χ1v) is 7.73. The van der Waals surface area contributed by atoms with E-state index in [2.05, 4.69) is 17.6 Å². The SMILES string of the molecule is COc1cc(N2CCP(C)CC2)ccc1N. The van der Waals surface area contributed by atoms with Crippen molar-refractivity contribution in [2.24, 2.45) is 0 Å². The summed E-state index contributed by atoms with van der Waals surface area (Å²) in [6, 6.07) is 6.05. The predicted molar refractivity (Wildman–Crippen MR) is 72.2 cm³/mol. The van der Waals surface area contributed by atoms with Gasteiger partial charge in [-0.1, -0.05) is 0 Å².